The Morgan fingerprint density at radius 3 is 2.80 bits per heavy atom. The highest BCUT2D eigenvalue weighted by atomic mass is 16.5. The third-order valence-corrected chi connectivity index (χ3v) is 2.95. The van der Waals surface area contributed by atoms with Crippen LogP contribution in [0.4, 0.5) is 0 Å². The topological polar surface area (TPSA) is 68.2 Å². The molecule has 0 bridgehead atoms. The molecular weight excluding hydrogens is 256 g/mol. The molecule has 2 N–H and O–H groups in total. The third-order valence-electron chi connectivity index (χ3n) is 2.95. The second-order valence-electron chi connectivity index (χ2n) is 5.86. The number of amides is 1. The molecule has 0 spiro atoms. The van der Waals surface area contributed by atoms with Crippen LogP contribution in [0.25, 0.3) is 0 Å². The van der Waals surface area contributed by atoms with E-state index in [0.717, 1.165) is 5.69 Å². The van der Waals surface area contributed by atoms with Gasteiger partial charge in [0.1, 0.15) is 6.04 Å². The highest BCUT2D eigenvalue weighted by Gasteiger charge is 2.18. The minimum Gasteiger partial charge on any atom is -0.383 e. The van der Waals surface area contributed by atoms with Crippen LogP contribution in [-0.2, 0) is 16.1 Å². The summed E-state index contributed by atoms with van der Waals surface area (Å²) < 4.78 is 6.81. The van der Waals surface area contributed by atoms with Crippen molar-refractivity contribution in [3.8, 4) is 0 Å². The second kappa shape index (κ2) is 7.40. The van der Waals surface area contributed by atoms with Crippen molar-refractivity contribution in [2.75, 3.05) is 20.3 Å². The lowest BCUT2D eigenvalue weighted by atomic mass is 10.1. The van der Waals surface area contributed by atoms with Gasteiger partial charge in [-0.1, -0.05) is 0 Å². The smallest absolute Gasteiger partial charge is 0.242 e. The number of imidazole rings is 1. The van der Waals surface area contributed by atoms with Crippen molar-refractivity contribution in [3.63, 3.8) is 0 Å². The molecule has 0 radical (unpaired) electrons. The molecule has 0 saturated heterocycles. The van der Waals surface area contributed by atoms with Gasteiger partial charge in [-0.3, -0.25) is 4.79 Å². The van der Waals surface area contributed by atoms with Crippen molar-refractivity contribution < 1.29 is 9.53 Å². The largest absolute Gasteiger partial charge is 0.383 e. The van der Waals surface area contributed by atoms with Crippen molar-refractivity contribution in [1.29, 1.82) is 0 Å². The van der Waals surface area contributed by atoms with Crippen LogP contribution in [0.15, 0.2) is 12.5 Å². The zero-order valence-corrected chi connectivity index (χ0v) is 13.1. The quantitative estimate of drug-likeness (QED) is 0.735. The van der Waals surface area contributed by atoms with E-state index in [-0.39, 0.29) is 17.5 Å². The zero-order chi connectivity index (χ0) is 15.2. The number of nitrogens with zero attached hydrogens (tertiary/aromatic N) is 2. The monoisotopic (exact) mass is 282 g/mol. The van der Waals surface area contributed by atoms with E-state index in [9.17, 15) is 4.79 Å². The fraction of sp³-hybridized carbons (Fsp3) is 0.714. The molecule has 0 aromatic carbocycles. The standard InChI is InChI=1S/C14H26N4O2/c1-11(13(19)16-6-7-20-5)18-10-15-8-12(18)9-17-14(2,3)4/h8,10-11,17H,6-7,9H2,1-5H3,(H,16,19). The average Bonchev–Trinajstić information content (AvgIpc) is 2.83. The predicted octanol–water partition coefficient (Wildman–Crippen LogP) is 1.09. The zero-order valence-electron chi connectivity index (χ0n) is 13.1. The van der Waals surface area contributed by atoms with E-state index in [2.05, 4.69) is 36.4 Å². The van der Waals surface area contributed by atoms with Crippen LogP contribution in [0.3, 0.4) is 0 Å². The fourth-order valence-electron chi connectivity index (χ4n) is 1.72. The first kappa shape index (κ1) is 16.7. The summed E-state index contributed by atoms with van der Waals surface area (Å²) in [5.41, 5.74) is 1.02. The number of rotatable bonds is 7. The molecule has 1 heterocycles. The summed E-state index contributed by atoms with van der Waals surface area (Å²) in [6, 6.07) is -0.286. The Hall–Kier alpha value is -1.40. The first-order valence-electron chi connectivity index (χ1n) is 6.87. The maximum absolute atomic E-state index is 12.0. The number of carbonyl (C=O) groups is 1. The Balaban J connectivity index is 2.62. The van der Waals surface area contributed by atoms with Crippen molar-refractivity contribution in [3.05, 3.63) is 18.2 Å². The summed E-state index contributed by atoms with van der Waals surface area (Å²) in [5, 5.41) is 6.24. The number of ether oxygens (including phenoxy) is 1. The lowest BCUT2D eigenvalue weighted by molar-refractivity contribution is -0.124. The Bertz CT molecular complexity index is 423. The number of aromatic nitrogens is 2. The summed E-state index contributed by atoms with van der Waals surface area (Å²) in [5.74, 6) is -0.0305. The van der Waals surface area contributed by atoms with Crippen LogP contribution >= 0.6 is 0 Å². The predicted molar refractivity (Wildman–Crippen MR) is 78.4 cm³/mol. The van der Waals surface area contributed by atoms with E-state index in [0.29, 0.717) is 19.7 Å². The van der Waals surface area contributed by atoms with Gasteiger partial charge in [0.2, 0.25) is 5.91 Å². The molecule has 1 rings (SSSR count). The van der Waals surface area contributed by atoms with E-state index >= 15 is 0 Å². The average molecular weight is 282 g/mol. The first-order valence-corrected chi connectivity index (χ1v) is 6.87. The lowest BCUT2D eigenvalue weighted by Crippen LogP contribution is -2.37. The molecule has 6 nitrogen and oxygen atoms in total. The molecular formula is C14H26N4O2. The minimum absolute atomic E-state index is 0.0268. The van der Waals surface area contributed by atoms with Gasteiger partial charge >= 0.3 is 0 Å². The maximum atomic E-state index is 12.0. The highest BCUT2D eigenvalue weighted by Crippen LogP contribution is 2.11. The van der Waals surface area contributed by atoms with E-state index < -0.39 is 0 Å². The Morgan fingerprint density at radius 1 is 1.50 bits per heavy atom. The summed E-state index contributed by atoms with van der Waals surface area (Å²) >= 11 is 0. The normalized spacial score (nSPS) is 13.2. The van der Waals surface area contributed by atoms with E-state index in [1.807, 2.05) is 11.5 Å². The van der Waals surface area contributed by atoms with Crippen LogP contribution in [0.5, 0.6) is 0 Å². The van der Waals surface area contributed by atoms with Gasteiger partial charge in [0.15, 0.2) is 0 Å². The molecule has 20 heavy (non-hydrogen) atoms. The van der Waals surface area contributed by atoms with Crippen molar-refractivity contribution >= 4 is 5.91 Å². The fourth-order valence-corrected chi connectivity index (χ4v) is 1.72. The van der Waals surface area contributed by atoms with Crippen LogP contribution in [0.1, 0.15) is 39.4 Å². The molecule has 114 valence electrons. The van der Waals surface area contributed by atoms with Crippen LogP contribution in [0, 0.1) is 0 Å². The molecule has 1 unspecified atom stereocenters. The van der Waals surface area contributed by atoms with Gasteiger partial charge in [-0.2, -0.15) is 0 Å². The molecule has 0 saturated carbocycles. The van der Waals surface area contributed by atoms with E-state index in [1.165, 1.54) is 0 Å². The Kier molecular flexibility index (Phi) is 6.16. The second-order valence-corrected chi connectivity index (χ2v) is 5.86. The van der Waals surface area contributed by atoms with Gasteiger partial charge in [-0.15, -0.1) is 0 Å². The molecule has 0 aliphatic rings. The third kappa shape index (κ3) is 5.30. The molecule has 6 heteroatoms. The van der Waals surface area contributed by atoms with E-state index in [4.69, 9.17) is 4.74 Å². The summed E-state index contributed by atoms with van der Waals surface area (Å²) in [7, 11) is 1.61. The number of methoxy groups -OCH3 is 1. The summed E-state index contributed by atoms with van der Waals surface area (Å²) in [6.45, 7) is 9.89. The van der Waals surface area contributed by atoms with Gasteiger partial charge in [-0.05, 0) is 27.7 Å². The number of hydrogen-bond acceptors (Lipinski definition) is 4. The van der Waals surface area contributed by atoms with Crippen LogP contribution in [0.2, 0.25) is 0 Å². The first-order chi connectivity index (χ1) is 9.35. The van der Waals surface area contributed by atoms with Crippen LogP contribution in [-0.4, -0.2) is 41.3 Å². The molecule has 0 fully saturated rings. The number of hydrogen-bond donors (Lipinski definition) is 2. The highest BCUT2D eigenvalue weighted by molar-refractivity contribution is 5.79. The van der Waals surface area contributed by atoms with Crippen molar-refractivity contribution in [1.82, 2.24) is 20.2 Å². The van der Waals surface area contributed by atoms with Gasteiger partial charge in [0.05, 0.1) is 18.6 Å². The molecule has 1 aromatic rings. The summed E-state index contributed by atoms with van der Waals surface area (Å²) in [4.78, 5) is 16.2. The van der Waals surface area contributed by atoms with Crippen molar-refractivity contribution in [2.45, 2.75) is 45.8 Å². The number of carbonyl (C=O) groups excluding carboxylic acids is 1. The Labute approximate surface area is 120 Å². The number of nitrogens with one attached hydrogen (secondary N) is 2. The molecule has 0 aliphatic carbocycles. The van der Waals surface area contributed by atoms with Gasteiger partial charge in [-0.25, -0.2) is 4.98 Å². The summed E-state index contributed by atoms with van der Waals surface area (Å²) in [6.07, 6.45) is 3.48. The molecule has 0 aliphatic heterocycles. The minimum atomic E-state index is -0.286. The molecule has 1 aromatic heterocycles. The molecule has 1 amide bonds. The lowest BCUT2D eigenvalue weighted by Gasteiger charge is -2.22. The maximum Gasteiger partial charge on any atom is 0.242 e. The van der Waals surface area contributed by atoms with Crippen LogP contribution < -0.4 is 10.6 Å². The Morgan fingerprint density at radius 2 is 2.20 bits per heavy atom. The van der Waals surface area contributed by atoms with Crippen molar-refractivity contribution in [2.24, 2.45) is 0 Å². The van der Waals surface area contributed by atoms with Gasteiger partial charge in [0.25, 0.3) is 0 Å². The van der Waals surface area contributed by atoms with E-state index in [1.54, 1.807) is 19.6 Å². The van der Waals surface area contributed by atoms with Gasteiger partial charge < -0.3 is 19.9 Å². The van der Waals surface area contributed by atoms with Gasteiger partial charge in [0, 0.05) is 31.9 Å². The SMILES string of the molecule is COCCNC(=O)C(C)n1cncc1CNC(C)(C)C. The molecule has 1 atom stereocenters.